The molecule has 1 fully saturated rings. The predicted octanol–water partition coefficient (Wildman–Crippen LogP) is 0.366. The van der Waals surface area contributed by atoms with E-state index in [0.29, 0.717) is 24.3 Å². The molecule has 0 amide bonds. The zero-order valence-electron chi connectivity index (χ0n) is 11.0. The van der Waals surface area contributed by atoms with Gasteiger partial charge in [0.15, 0.2) is 0 Å². The molecule has 1 aliphatic heterocycles. The largest absolute Gasteiger partial charge is 0.398 e. The molecule has 1 saturated heterocycles. The lowest BCUT2D eigenvalue weighted by molar-refractivity contribution is -0.385. The van der Waals surface area contributed by atoms with E-state index >= 15 is 0 Å². The highest BCUT2D eigenvalue weighted by atomic mass is 32.2. The Bertz CT molecular complexity index is 679. The van der Waals surface area contributed by atoms with Crippen molar-refractivity contribution in [3.05, 3.63) is 28.3 Å². The first kappa shape index (κ1) is 15.9. The van der Waals surface area contributed by atoms with Gasteiger partial charge >= 0.3 is 0 Å². The molecule has 0 bridgehead atoms. The van der Waals surface area contributed by atoms with Crippen LogP contribution in [0.1, 0.15) is 12.8 Å². The molecule has 2 rings (SSSR count). The number of nitro benzene ring substituents is 1. The van der Waals surface area contributed by atoms with Crippen molar-refractivity contribution < 1.29 is 17.6 Å². The first-order valence-electron chi connectivity index (χ1n) is 6.21. The molecular formula is C11H15N3O5S2. The zero-order valence-corrected chi connectivity index (χ0v) is 12.7. The van der Waals surface area contributed by atoms with Crippen LogP contribution in [-0.2, 0) is 20.8 Å². The highest BCUT2D eigenvalue weighted by Crippen LogP contribution is 2.25. The summed E-state index contributed by atoms with van der Waals surface area (Å²) in [4.78, 5) is 9.75. The van der Waals surface area contributed by atoms with Crippen molar-refractivity contribution in [3.8, 4) is 0 Å². The second-order valence-electron chi connectivity index (χ2n) is 4.72. The number of nitrogens with zero attached hydrogens (tertiary/aromatic N) is 1. The van der Waals surface area contributed by atoms with Crippen LogP contribution in [0.2, 0.25) is 0 Å². The molecule has 1 aliphatic rings. The Morgan fingerprint density at radius 3 is 2.52 bits per heavy atom. The summed E-state index contributed by atoms with van der Waals surface area (Å²) in [5.74, 6) is 0.884. The van der Waals surface area contributed by atoms with Crippen LogP contribution in [-0.4, -0.2) is 35.1 Å². The minimum absolute atomic E-state index is 0.0486. The van der Waals surface area contributed by atoms with Gasteiger partial charge in [0.1, 0.15) is 4.90 Å². The van der Waals surface area contributed by atoms with Crippen LogP contribution in [0.4, 0.5) is 11.4 Å². The number of anilines is 1. The van der Waals surface area contributed by atoms with Crippen LogP contribution in [0.5, 0.6) is 0 Å². The Morgan fingerprint density at radius 1 is 1.33 bits per heavy atom. The molecule has 1 aromatic rings. The second-order valence-corrected chi connectivity index (χ2v) is 8.10. The van der Waals surface area contributed by atoms with Gasteiger partial charge in [-0.1, -0.05) is 0 Å². The number of rotatable bonds is 4. The minimum atomic E-state index is -3.94. The Hall–Kier alpha value is -1.52. The van der Waals surface area contributed by atoms with Gasteiger partial charge in [0.25, 0.3) is 5.69 Å². The van der Waals surface area contributed by atoms with Crippen LogP contribution >= 0.6 is 0 Å². The fraction of sp³-hybridized carbons (Fsp3) is 0.455. The van der Waals surface area contributed by atoms with Crippen LogP contribution < -0.4 is 10.5 Å². The third-order valence-electron chi connectivity index (χ3n) is 3.21. The van der Waals surface area contributed by atoms with Gasteiger partial charge in [0.2, 0.25) is 10.0 Å². The third kappa shape index (κ3) is 3.77. The summed E-state index contributed by atoms with van der Waals surface area (Å²) in [7, 11) is -4.84. The molecule has 21 heavy (non-hydrogen) atoms. The maximum Gasteiger partial charge on any atom is 0.270 e. The van der Waals surface area contributed by atoms with Gasteiger partial charge in [-0.05, 0) is 18.9 Å². The molecule has 0 atom stereocenters. The summed E-state index contributed by atoms with van der Waals surface area (Å²) < 4.78 is 38.3. The van der Waals surface area contributed by atoms with Crippen LogP contribution in [0.3, 0.4) is 0 Å². The quantitative estimate of drug-likeness (QED) is 0.464. The molecule has 0 aromatic heterocycles. The first-order valence-corrected chi connectivity index (χ1v) is 9.18. The number of nitrogen functional groups attached to an aromatic ring is 1. The molecule has 1 aromatic carbocycles. The van der Waals surface area contributed by atoms with E-state index < -0.39 is 25.7 Å². The van der Waals surface area contributed by atoms with Gasteiger partial charge in [-0.2, -0.15) is 0 Å². The molecule has 0 radical (unpaired) electrons. The van der Waals surface area contributed by atoms with Gasteiger partial charge in [-0.25, -0.2) is 13.1 Å². The topological polar surface area (TPSA) is 132 Å². The smallest absolute Gasteiger partial charge is 0.270 e. The summed E-state index contributed by atoms with van der Waals surface area (Å²) in [6.07, 6.45) is 0.946. The summed E-state index contributed by atoms with van der Waals surface area (Å²) >= 11 is 0. The van der Waals surface area contributed by atoms with E-state index in [1.807, 2.05) is 0 Å². The monoisotopic (exact) mass is 333 g/mol. The van der Waals surface area contributed by atoms with Crippen molar-refractivity contribution in [3.63, 3.8) is 0 Å². The number of hydrogen-bond donors (Lipinski definition) is 2. The van der Waals surface area contributed by atoms with Gasteiger partial charge in [0.05, 0.1) is 10.6 Å². The number of sulfonamides is 1. The fourth-order valence-corrected chi connectivity index (χ4v) is 4.82. The molecular weight excluding hydrogens is 318 g/mol. The molecule has 3 N–H and O–H groups in total. The van der Waals surface area contributed by atoms with Crippen molar-refractivity contribution in [1.29, 1.82) is 0 Å². The Balaban J connectivity index is 2.25. The number of benzene rings is 1. The number of nitrogens with one attached hydrogen (secondary N) is 1. The van der Waals surface area contributed by atoms with E-state index in [2.05, 4.69) is 4.72 Å². The van der Waals surface area contributed by atoms with Crippen molar-refractivity contribution in [2.24, 2.45) is 0 Å². The van der Waals surface area contributed by atoms with E-state index in [1.165, 1.54) is 6.07 Å². The highest BCUT2D eigenvalue weighted by Gasteiger charge is 2.26. The number of nitrogens with two attached hydrogens (primary N) is 1. The van der Waals surface area contributed by atoms with Crippen LogP contribution in [0.15, 0.2) is 23.1 Å². The molecule has 0 aliphatic carbocycles. The molecule has 8 nitrogen and oxygen atoms in total. The normalized spacial score (nSPS) is 22.9. The second kappa shape index (κ2) is 6.08. The average molecular weight is 333 g/mol. The van der Waals surface area contributed by atoms with Crippen molar-refractivity contribution in [2.75, 3.05) is 17.2 Å². The average Bonchev–Trinajstić information content (AvgIpc) is 2.41. The summed E-state index contributed by atoms with van der Waals surface area (Å²) in [5.41, 5.74) is 5.23. The van der Waals surface area contributed by atoms with Crippen molar-refractivity contribution in [1.82, 2.24) is 4.72 Å². The lowest BCUT2D eigenvalue weighted by atomic mass is 10.2. The van der Waals surface area contributed by atoms with E-state index in [4.69, 9.17) is 5.73 Å². The summed E-state index contributed by atoms with van der Waals surface area (Å²) in [6, 6.07) is 2.96. The molecule has 0 saturated carbocycles. The zero-order chi connectivity index (χ0) is 15.6. The molecule has 0 unspecified atom stereocenters. The molecule has 10 heteroatoms. The minimum Gasteiger partial charge on any atom is -0.398 e. The van der Waals surface area contributed by atoms with Crippen LogP contribution in [0, 0.1) is 10.1 Å². The van der Waals surface area contributed by atoms with Gasteiger partial charge in [-0.15, -0.1) is 0 Å². The number of hydrogen-bond acceptors (Lipinski definition) is 6. The van der Waals surface area contributed by atoms with Crippen LogP contribution in [0.25, 0.3) is 0 Å². The predicted molar refractivity (Wildman–Crippen MR) is 78.7 cm³/mol. The maximum absolute atomic E-state index is 12.3. The number of nitro groups is 1. The van der Waals surface area contributed by atoms with E-state index in [1.54, 1.807) is 0 Å². The van der Waals surface area contributed by atoms with Crippen molar-refractivity contribution in [2.45, 2.75) is 23.8 Å². The molecule has 0 spiro atoms. The van der Waals surface area contributed by atoms with Gasteiger partial charge in [0, 0.05) is 40.5 Å². The highest BCUT2D eigenvalue weighted by molar-refractivity contribution is 7.89. The molecule has 116 valence electrons. The van der Waals surface area contributed by atoms with E-state index in [9.17, 15) is 22.7 Å². The van der Waals surface area contributed by atoms with E-state index in [0.717, 1.165) is 12.1 Å². The molecule has 1 heterocycles. The maximum atomic E-state index is 12.3. The lowest BCUT2D eigenvalue weighted by Crippen LogP contribution is -2.39. The third-order valence-corrected chi connectivity index (χ3v) is 6.17. The SMILES string of the molecule is Nc1ccc([N+](=O)[O-])cc1S(=O)(=O)NC1CCS(=O)CC1. The number of non-ortho nitro benzene ring substituents is 1. The first-order chi connectivity index (χ1) is 9.79. The van der Waals surface area contributed by atoms with Gasteiger partial charge in [-0.3, -0.25) is 14.3 Å². The summed E-state index contributed by atoms with van der Waals surface area (Å²) in [5, 5.41) is 10.7. The van der Waals surface area contributed by atoms with Gasteiger partial charge < -0.3 is 5.73 Å². The summed E-state index contributed by atoms with van der Waals surface area (Å²) in [6.45, 7) is 0. The fourth-order valence-electron chi connectivity index (χ4n) is 2.06. The lowest BCUT2D eigenvalue weighted by Gasteiger charge is -2.22. The van der Waals surface area contributed by atoms with E-state index in [-0.39, 0.29) is 22.3 Å². The Kier molecular flexibility index (Phi) is 4.59. The van der Waals surface area contributed by atoms with Crippen molar-refractivity contribution >= 4 is 32.2 Å². The Labute approximate surface area is 124 Å². The Morgan fingerprint density at radius 2 is 1.95 bits per heavy atom. The standard InChI is InChI=1S/C11H15N3O5S2/c12-10-2-1-9(14(15)16)7-11(10)21(18,19)13-8-3-5-20(17)6-4-8/h1-2,7-8,13H,3-6,12H2.